The first-order valence-electron chi connectivity index (χ1n) is 12.0. The van der Waals surface area contributed by atoms with Crippen molar-refractivity contribution in [3.63, 3.8) is 0 Å². The summed E-state index contributed by atoms with van der Waals surface area (Å²) in [6, 6.07) is 12.8. The van der Waals surface area contributed by atoms with Gasteiger partial charge in [-0.1, -0.05) is 29.8 Å². The van der Waals surface area contributed by atoms with Crippen LogP contribution in [0.15, 0.2) is 48.5 Å². The van der Waals surface area contributed by atoms with Crippen LogP contribution in [-0.4, -0.2) is 44.9 Å². The number of nitrogens with zero attached hydrogens (tertiary/aromatic N) is 2. The molecular weight excluding hydrogens is 480 g/mol. The number of amides is 1. The van der Waals surface area contributed by atoms with Crippen LogP contribution in [0.5, 0.6) is 5.75 Å². The van der Waals surface area contributed by atoms with Crippen LogP contribution in [0.25, 0.3) is 22.3 Å². The number of fused-ring (bicyclic) bond motifs is 1. The highest BCUT2D eigenvalue weighted by molar-refractivity contribution is 6.38. The highest BCUT2D eigenvalue weighted by Crippen LogP contribution is 2.37. The molecule has 0 saturated heterocycles. The molecule has 4 rings (SSSR count). The number of carboxylic acid groups (broad SMARTS) is 1. The van der Waals surface area contributed by atoms with Gasteiger partial charge < -0.3 is 19.1 Å². The maximum atomic E-state index is 13.0. The SMILES string of the molecule is CC(C)Oc1ccc(-n2c(C(=O)O)c(Cl)c3ccc(C4=CCCCN4C(=O)OC(C)(C)C)cc32)cc1. The van der Waals surface area contributed by atoms with Crippen LogP contribution < -0.4 is 4.74 Å². The van der Waals surface area contributed by atoms with Crippen molar-refractivity contribution in [2.24, 2.45) is 0 Å². The summed E-state index contributed by atoms with van der Waals surface area (Å²) in [4.78, 5) is 26.8. The predicted octanol–water partition coefficient (Wildman–Crippen LogP) is 7.14. The second-order valence-corrected chi connectivity index (χ2v) is 10.4. The number of allylic oxidation sites excluding steroid dienone is 1. The lowest BCUT2D eigenvalue weighted by Crippen LogP contribution is -2.37. The third kappa shape index (κ3) is 5.21. The average molecular weight is 511 g/mol. The summed E-state index contributed by atoms with van der Waals surface area (Å²) >= 11 is 6.57. The Labute approximate surface area is 215 Å². The van der Waals surface area contributed by atoms with Crippen molar-refractivity contribution in [3.05, 3.63) is 64.8 Å². The van der Waals surface area contributed by atoms with Gasteiger partial charge in [-0.2, -0.15) is 0 Å². The molecule has 0 fully saturated rings. The lowest BCUT2D eigenvalue weighted by Gasteiger charge is -2.31. The van der Waals surface area contributed by atoms with Gasteiger partial charge in [-0.3, -0.25) is 4.90 Å². The largest absolute Gasteiger partial charge is 0.491 e. The molecule has 0 bridgehead atoms. The summed E-state index contributed by atoms with van der Waals surface area (Å²) in [5, 5.41) is 10.8. The van der Waals surface area contributed by atoms with Gasteiger partial charge in [0, 0.05) is 23.2 Å². The van der Waals surface area contributed by atoms with Gasteiger partial charge in [0.05, 0.1) is 22.3 Å². The minimum absolute atomic E-state index is 0.0199. The summed E-state index contributed by atoms with van der Waals surface area (Å²) in [5.74, 6) is -0.443. The molecule has 0 radical (unpaired) electrons. The van der Waals surface area contributed by atoms with Crippen molar-refractivity contribution in [2.45, 2.75) is 59.2 Å². The second-order valence-electron chi connectivity index (χ2n) is 10.1. The van der Waals surface area contributed by atoms with Crippen molar-refractivity contribution >= 4 is 40.3 Å². The molecule has 2 heterocycles. The number of carbonyl (C=O) groups is 2. The zero-order valence-electron chi connectivity index (χ0n) is 21.2. The molecule has 1 aliphatic heterocycles. The summed E-state index contributed by atoms with van der Waals surface area (Å²) in [7, 11) is 0. The van der Waals surface area contributed by atoms with E-state index >= 15 is 0 Å². The molecule has 0 atom stereocenters. The van der Waals surface area contributed by atoms with E-state index in [1.165, 1.54) is 0 Å². The van der Waals surface area contributed by atoms with E-state index in [1.54, 1.807) is 39.8 Å². The average Bonchev–Trinajstić information content (AvgIpc) is 3.10. The van der Waals surface area contributed by atoms with E-state index in [2.05, 4.69) is 0 Å². The third-order valence-corrected chi connectivity index (χ3v) is 6.08. The van der Waals surface area contributed by atoms with Gasteiger partial charge in [-0.15, -0.1) is 0 Å². The fraction of sp³-hybridized carbons (Fsp3) is 0.357. The molecule has 0 aliphatic carbocycles. The molecule has 0 spiro atoms. The summed E-state index contributed by atoms with van der Waals surface area (Å²) in [5.41, 5.74) is 2.14. The molecule has 0 saturated carbocycles. The first-order chi connectivity index (χ1) is 17.0. The van der Waals surface area contributed by atoms with Crippen molar-refractivity contribution in [1.29, 1.82) is 0 Å². The van der Waals surface area contributed by atoms with Crippen LogP contribution >= 0.6 is 11.6 Å². The molecule has 1 aliphatic rings. The molecular formula is C28H31ClN2O5. The zero-order chi connectivity index (χ0) is 26.2. The van der Waals surface area contributed by atoms with Crippen molar-refractivity contribution in [3.8, 4) is 11.4 Å². The zero-order valence-corrected chi connectivity index (χ0v) is 21.9. The number of rotatable bonds is 5. The molecule has 7 nitrogen and oxygen atoms in total. The monoisotopic (exact) mass is 510 g/mol. The second kappa shape index (κ2) is 9.90. The number of carboxylic acids is 1. The lowest BCUT2D eigenvalue weighted by atomic mass is 10.0. The predicted molar refractivity (Wildman–Crippen MR) is 141 cm³/mol. The fourth-order valence-electron chi connectivity index (χ4n) is 4.31. The van der Waals surface area contributed by atoms with E-state index < -0.39 is 17.7 Å². The van der Waals surface area contributed by atoms with Gasteiger partial charge >= 0.3 is 12.1 Å². The highest BCUT2D eigenvalue weighted by Gasteiger charge is 2.28. The number of hydrogen-bond donors (Lipinski definition) is 1. The Bertz CT molecular complexity index is 1330. The molecule has 3 aromatic rings. The number of ether oxygens (including phenoxy) is 2. The van der Waals surface area contributed by atoms with E-state index in [1.807, 2.05) is 52.8 Å². The molecule has 8 heteroatoms. The van der Waals surface area contributed by atoms with Gasteiger partial charge in [-0.25, -0.2) is 9.59 Å². The van der Waals surface area contributed by atoms with Crippen LogP contribution in [0.2, 0.25) is 5.02 Å². The summed E-state index contributed by atoms with van der Waals surface area (Å²) in [6.07, 6.45) is 3.29. The van der Waals surface area contributed by atoms with Gasteiger partial charge in [-0.05, 0) is 77.8 Å². The quantitative estimate of drug-likeness (QED) is 0.394. The Morgan fingerprint density at radius 3 is 2.39 bits per heavy atom. The van der Waals surface area contributed by atoms with Gasteiger partial charge in [0.1, 0.15) is 11.4 Å². The number of carbonyl (C=O) groups excluding carboxylic acids is 1. The summed E-state index contributed by atoms with van der Waals surface area (Å²) < 4.78 is 13.0. The molecule has 0 unspecified atom stereocenters. The topological polar surface area (TPSA) is 81.0 Å². The fourth-order valence-corrected chi connectivity index (χ4v) is 4.64. The maximum Gasteiger partial charge on any atom is 0.414 e. The third-order valence-electron chi connectivity index (χ3n) is 5.70. The Hall–Kier alpha value is -3.45. The van der Waals surface area contributed by atoms with E-state index in [0.717, 1.165) is 24.1 Å². The molecule has 2 aromatic carbocycles. The maximum absolute atomic E-state index is 13.0. The van der Waals surface area contributed by atoms with Crippen LogP contribution in [0.1, 0.15) is 63.5 Å². The van der Waals surface area contributed by atoms with E-state index in [-0.39, 0.29) is 16.8 Å². The number of benzene rings is 2. The normalized spacial score (nSPS) is 14.2. The first-order valence-corrected chi connectivity index (χ1v) is 12.4. The lowest BCUT2D eigenvalue weighted by molar-refractivity contribution is 0.0346. The Morgan fingerprint density at radius 1 is 1.08 bits per heavy atom. The van der Waals surface area contributed by atoms with Gasteiger partial charge in [0.15, 0.2) is 5.69 Å². The molecule has 1 aromatic heterocycles. The minimum Gasteiger partial charge on any atom is -0.491 e. The number of aromatic nitrogens is 1. The van der Waals surface area contributed by atoms with E-state index in [4.69, 9.17) is 21.1 Å². The number of halogens is 1. The smallest absolute Gasteiger partial charge is 0.414 e. The Balaban J connectivity index is 1.83. The minimum atomic E-state index is -1.13. The first kappa shape index (κ1) is 25.6. The van der Waals surface area contributed by atoms with Gasteiger partial charge in [0.25, 0.3) is 0 Å². The van der Waals surface area contributed by atoms with Gasteiger partial charge in [0.2, 0.25) is 0 Å². The van der Waals surface area contributed by atoms with Crippen molar-refractivity contribution < 1.29 is 24.2 Å². The van der Waals surface area contributed by atoms with E-state index in [9.17, 15) is 14.7 Å². The highest BCUT2D eigenvalue weighted by atomic mass is 35.5. The van der Waals surface area contributed by atoms with Crippen molar-refractivity contribution in [2.75, 3.05) is 6.54 Å². The van der Waals surface area contributed by atoms with Crippen LogP contribution in [0.4, 0.5) is 4.79 Å². The van der Waals surface area contributed by atoms with Crippen LogP contribution in [0, 0.1) is 0 Å². The molecule has 190 valence electrons. The standard InChI is InChI=1S/C28H31ClN2O5/c1-17(2)35-20-12-10-19(11-13-20)31-23-16-18(9-14-21(23)24(29)25(31)26(32)33)22-8-6-7-15-30(22)27(34)36-28(3,4)5/h8-14,16-17H,6-7,15H2,1-5H3,(H,32,33). The Morgan fingerprint density at radius 2 is 1.78 bits per heavy atom. The Kier molecular flexibility index (Phi) is 7.05. The molecule has 36 heavy (non-hydrogen) atoms. The summed E-state index contributed by atoms with van der Waals surface area (Å²) in [6.45, 7) is 9.94. The van der Waals surface area contributed by atoms with Crippen LogP contribution in [0.3, 0.4) is 0 Å². The van der Waals surface area contributed by atoms with Crippen molar-refractivity contribution in [1.82, 2.24) is 9.47 Å². The molecule has 1 amide bonds. The van der Waals surface area contributed by atoms with Crippen LogP contribution in [-0.2, 0) is 4.74 Å². The van der Waals surface area contributed by atoms with E-state index in [0.29, 0.717) is 28.9 Å². The number of hydrogen-bond acceptors (Lipinski definition) is 4. The number of aromatic carboxylic acids is 1. The molecule has 1 N–H and O–H groups in total.